The molecule has 1 atom stereocenters. The second-order valence-electron chi connectivity index (χ2n) is 4.71. The molecular weight excluding hydrogens is 219 g/mol. The van der Waals surface area contributed by atoms with Crippen molar-refractivity contribution in [1.29, 1.82) is 0 Å². The third-order valence-electron chi connectivity index (χ3n) is 3.29. The standard InChI is InChI=1S/C14H17FO2/c1-9-7-12(15)6-5-11(9)8-13(16)14(17-2)10-3-4-10/h5-7,10,14H,3-4,8H2,1-2H3. The lowest BCUT2D eigenvalue weighted by Gasteiger charge is -2.14. The average Bonchev–Trinajstić information content (AvgIpc) is 3.08. The molecule has 1 aliphatic rings. The Morgan fingerprint density at radius 2 is 2.24 bits per heavy atom. The molecule has 0 aromatic heterocycles. The summed E-state index contributed by atoms with van der Waals surface area (Å²) in [6.07, 6.45) is 2.21. The molecule has 1 saturated carbocycles. The molecule has 92 valence electrons. The summed E-state index contributed by atoms with van der Waals surface area (Å²) in [5.74, 6) is 0.238. The van der Waals surface area contributed by atoms with Gasteiger partial charge in [-0.25, -0.2) is 4.39 Å². The van der Waals surface area contributed by atoms with Gasteiger partial charge >= 0.3 is 0 Å². The first kappa shape index (κ1) is 12.2. The van der Waals surface area contributed by atoms with Gasteiger partial charge in [-0.1, -0.05) is 6.07 Å². The summed E-state index contributed by atoms with van der Waals surface area (Å²) >= 11 is 0. The fourth-order valence-corrected chi connectivity index (χ4v) is 2.13. The lowest BCUT2D eigenvalue weighted by Crippen LogP contribution is -2.27. The van der Waals surface area contributed by atoms with Crippen molar-refractivity contribution in [2.75, 3.05) is 7.11 Å². The molecule has 1 aromatic rings. The van der Waals surface area contributed by atoms with E-state index in [0.717, 1.165) is 24.0 Å². The number of ketones is 1. The van der Waals surface area contributed by atoms with E-state index >= 15 is 0 Å². The normalized spacial score (nSPS) is 16.9. The van der Waals surface area contributed by atoms with Crippen molar-refractivity contribution >= 4 is 5.78 Å². The number of carbonyl (C=O) groups is 1. The molecule has 0 heterocycles. The smallest absolute Gasteiger partial charge is 0.166 e. The first-order valence-electron chi connectivity index (χ1n) is 5.92. The van der Waals surface area contributed by atoms with E-state index in [-0.39, 0.29) is 17.7 Å². The van der Waals surface area contributed by atoms with Crippen molar-refractivity contribution in [1.82, 2.24) is 0 Å². The zero-order valence-corrected chi connectivity index (χ0v) is 10.2. The van der Waals surface area contributed by atoms with Crippen LogP contribution in [0.5, 0.6) is 0 Å². The Labute approximate surface area is 101 Å². The van der Waals surface area contributed by atoms with E-state index in [4.69, 9.17) is 4.74 Å². The Morgan fingerprint density at radius 3 is 2.76 bits per heavy atom. The molecule has 1 aliphatic carbocycles. The summed E-state index contributed by atoms with van der Waals surface area (Å²) in [6, 6.07) is 4.54. The molecule has 0 bridgehead atoms. The Morgan fingerprint density at radius 1 is 1.53 bits per heavy atom. The third kappa shape index (κ3) is 2.91. The molecule has 1 fully saturated rings. The Bertz CT molecular complexity index is 424. The second kappa shape index (κ2) is 4.96. The topological polar surface area (TPSA) is 26.3 Å². The zero-order chi connectivity index (χ0) is 12.4. The van der Waals surface area contributed by atoms with Crippen molar-refractivity contribution < 1.29 is 13.9 Å². The van der Waals surface area contributed by atoms with E-state index in [0.29, 0.717) is 12.3 Å². The molecule has 0 N–H and O–H groups in total. The Balaban J connectivity index is 2.06. The van der Waals surface area contributed by atoms with Gasteiger partial charge in [0.05, 0.1) is 0 Å². The number of Topliss-reactive ketones (excluding diaryl/α,β-unsaturated/α-hetero) is 1. The SMILES string of the molecule is COC(C(=O)Cc1ccc(F)cc1C)C1CC1. The van der Waals surface area contributed by atoms with E-state index in [2.05, 4.69) is 0 Å². The van der Waals surface area contributed by atoms with E-state index in [9.17, 15) is 9.18 Å². The maximum atomic E-state index is 12.9. The van der Waals surface area contributed by atoms with E-state index in [1.54, 1.807) is 13.2 Å². The summed E-state index contributed by atoms with van der Waals surface area (Å²) in [4.78, 5) is 12.0. The quantitative estimate of drug-likeness (QED) is 0.785. The molecule has 0 aliphatic heterocycles. The van der Waals surface area contributed by atoms with Crippen LogP contribution < -0.4 is 0 Å². The van der Waals surface area contributed by atoms with E-state index in [1.165, 1.54) is 12.1 Å². The average molecular weight is 236 g/mol. The number of carbonyl (C=O) groups excluding carboxylic acids is 1. The number of hydrogen-bond acceptors (Lipinski definition) is 2. The minimum atomic E-state index is -0.278. The molecule has 0 amide bonds. The number of benzene rings is 1. The van der Waals surface area contributed by atoms with Gasteiger partial charge in [-0.2, -0.15) is 0 Å². The molecule has 2 rings (SSSR count). The number of hydrogen-bond donors (Lipinski definition) is 0. The molecule has 1 aromatic carbocycles. The largest absolute Gasteiger partial charge is 0.373 e. The Kier molecular flexibility index (Phi) is 3.57. The minimum Gasteiger partial charge on any atom is -0.373 e. The highest BCUT2D eigenvalue weighted by Gasteiger charge is 2.35. The van der Waals surface area contributed by atoms with Crippen LogP contribution in [0.2, 0.25) is 0 Å². The summed E-state index contributed by atoms with van der Waals surface area (Å²) in [5, 5.41) is 0. The summed E-state index contributed by atoms with van der Waals surface area (Å²) in [7, 11) is 1.58. The van der Waals surface area contributed by atoms with Crippen molar-refractivity contribution in [3.8, 4) is 0 Å². The van der Waals surface area contributed by atoms with E-state index < -0.39 is 0 Å². The maximum absolute atomic E-state index is 12.9. The van der Waals surface area contributed by atoms with Gasteiger partial charge < -0.3 is 4.74 Å². The van der Waals surface area contributed by atoms with Gasteiger partial charge in [0.15, 0.2) is 5.78 Å². The summed E-state index contributed by atoms with van der Waals surface area (Å²) in [6.45, 7) is 1.82. The molecule has 3 heteroatoms. The molecule has 1 unspecified atom stereocenters. The van der Waals surface area contributed by atoms with Gasteiger partial charge in [0.2, 0.25) is 0 Å². The van der Waals surface area contributed by atoms with Gasteiger partial charge in [0.1, 0.15) is 11.9 Å². The van der Waals surface area contributed by atoms with Crippen LogP contribution >= 0.6 is 0 Å². The van der Waals surface area contributed by atoms with Gasteiger partial charge in [0.25, 0.3) is 0 Å². The Hall–Kier alpha value is -1.22. The number of rotatable bonds is 5. The fraction of sp³-hybridized carbons (Fsp3) is 0.500. The van der Waals surface area contributed by atoms with Crippen LogP contribution in [0.1, 0.15) is 24.0 Å². The third-order valence-corrected chi connectivity index (χ3v) is 3.29. The van der Waals surface area contributed by atoms with Crippen molar-refractivity contribution in [3.05, 3.63) is 35.1 Å². The lowest BCUT2D eigenvalue weighted by molar-refractivity contribution is -0.129. The lowest BCUT2D eigenvalue weighted by atomic mass is 9.99. The number of aryl methyl sites for hydroxylation is 1. The molecule has 0 radical (unpaired) electrons. The van der Waals surface area contributed by atoms with E-state index in [1.807, 2.05) is 6.92 Å². The molecule has 0 spiro atoms. The van der Waals surface area contributed by atoms with Crippen molar-refractivity contribution in [2.45, 2.75) is 32.3 Å². The van der Waals surface area contributed by atoms with Gasteiger partial charge in [0, 0.05) is 13.5 Å². The highest BCUT2D eigenvalue weighted by Crippen LogP contribution is 2.35. The molecule has 2 nitrogen and oxygen atoms in total. The van der Waals surface area contributed by atoms with Gasteiger partial charge in [-0.05, 0) is 48.9 Å². The predicted molar refractivity (Wildman–Crippen MR) is 63.4 cm³/mol. The summed E-state index contributed by atoms with van der Waals surface area (Å²) in [5.41, 5.74) is 1.71. The zero-order valence-electron chi connectivity index (χ0n) is 10.2. The van der Waals surface area contributed by atoms with Crippen LogP contribution in [-0.4, -0.2) is 19.0 Å². The van der Waals surface area contributed by atoms with Crippen LogP contribution in [0.4, 0.5) is 4.39 Å². The number of halogens is 1. The minimum absolute atomic E-state index is 0.102. The predicted octanol–water partition coefficient (Wildman–Crippen LogP) is 2.67. The molecule has 0 saturated heterocycles. The summed E-state index contributed by atoms with van der Waals surface area (Å²) < 4.78 is 18.2. The molecular formula is C14H17FO2. The highest BCUT2D eigenvalue weighted by atomic mass is 19.1. The van der Waals surface area contributed by atoms with Crippen LogP contribution in [0.15, 0.2) is 18.2 Å². The fourth-order valence-electron chi connectivity index (χ4n) is 2.13. The van der Waals surface area contributed by atoms with Crippen LogP contribution in [0.3, 0.4) is 0 Å². The number of ether oxygens (including phenoxy) is 1. The monoisotopic (exact) mass is 236 g/mol. The highest BCUT2D eigenvalue weighted by molar-refractivity contribution is 5.86. The van der Waals surface area contributed by atoms with Crippen LogP contribution in [0, 0.1) is 18.7 Å². The first-order chi connectivity index (χ1) is 8.11. The first-order valence-corrected chi connectivity index (χ1v) is 5.92. The van der Waals surface area contributed by atoms with Crippen LogP contribution in [0.25, 0.3) is 0 Å². The second-order valence-corrected chi connectivity index (χ2v) is 4.71. The van der Waals surface area contributed by atoms with Gasteiger partial charge in [-0.3, -0.25) is 4.79 Å². The van der Waals surface area contributed by atoms with Gasteiger partial charge in [-0.15, -0.1) is 0 Å². The van der Waals surface area contributed by atoms with Crippen molar-refractivity contribution in [2.24, 2.45) is 5.92 Å². The van der Waals surface area contributed by atoms with Crippen molar-refractivity contribution in [3.63, 3.8) is 0 Å². The number of methoxy groups -OCH3 is 1. The van der Waals surface area contributed by atoms with Crippen LogP contribution in [-0.2, 0) is 16.0 Å². The molecule has 17 heavy (non-hydrogen) atoms. The maximum Gasteiger partial charge on any atom is 0.166 e.